The van der Waals surface area contributed by atoms with Crippen LogP contribution in [-0.4, -0.2) is 21.4 Å². The Morgan fingerprint density at radius 3 is 2.62 bits per heavy atom. The first-order chi connectivity index (χ1) is 12.4. The summed E-state index contributed by atoms with van der Waals surface area (Å²) in [5, 5.41) is 4.17. The zero-order valence-electron chi connectivity index (χ0n) is 13.1. The van der Waals surface area contributed by atoms with Crippen LogP contribution >= 0.6 is 11.6 Å². The molecule has 0 spiro atoms. The Bertz CT molecular complexity index is 978. The Balaban J connectivity index is 1.87. The minimum absolute atomic E-state index is 0.0504. The van der Waals surface area contributed by atoms with Gasteiger partial charge in [-0.05, 0) is 29.8 Å². The summed E-state index contributed by atoms with van der Waals surface area (Å²) in [4.78, 5) is 15.8. The topological polar surface area (TPSA) is 57.0 Å². The maximum absolute atomic E-state index is 13.2. The number of nitrogens with zero attached hydrogens (tertiary/aromatic N) is 3. The Hall–Kier alpha value is -2.87. The van der Waals surface area contributed by atoms with Gasteiger partial charge in [0.2, 0.25) is 5.88 Å². The molecule has 0 bridgehead atoms. The highest BCUT2D eigenvalue weighted by atomic mass is 35.5. The molecule has 0 N–H and O–H groups in total. The maximum Gasteiger partial charge on any atom is 0.388 e. The molecule has 0 aliphatic heterocycles. The molecule has 3 aromatic rings. The second kappa shape index (κ2) is 7.57. The van der Waals surface area contributed by atoms with E-state index in [1.807, 2.05) is 0 Å². The first-order valence-corrected chi connectivity index (χ1v) is 7.73. The summed E-state index contributed by atoms with van der Waals surface area (Å²) >= 11 is 5.74. The molecule has 0 saturated carbocycles. The van der Waals surface area contributed by atoms with Gasteiger partial charge >= 0.3 is 6.61 Å². The summed E-state index contributed by atoms with van der Waals surface area (Å²) in [5.74, 6) is -0.778. The average molecular weight is 382 g/mol. The molecule has 26 heavy (non-hydrogen) atoms. The molecule has 5 nitrogen and oxygen atoms in total. The van der Waals surface area contributed by atoms with Gasteiger partial charge in [0.1, 0.15) is 5.82 Å². The van der Waals surface area contributed by atoms with Crippen molar-refractivity contribution >= 4 is 11.6 Å². The Morgan fingerprint density at radius 2 is 1.96 bits per heavy atom. The first kappa shape index (κ1) is 17.9. The van der Waals surface area contributed by atoms with Gasteiger partial charge in [-0.15, -0.1) is 0 Å². The van der Waals surface area contributed by atoms with E-state index in [0.29, 0.717) is 16.8 Å². The van der Waals surface area contributed by atoms with E-state index in [1.54, 1.807) is 0 Å². The zero-order chi connectivity index (χ0) is 18.7. The number of benzene rings is 1. The van der Waals surface area contributed by atoms with Crippen molar-refractivity contribution < 1.29 is 17.9 Å². The van der Waals surface area contributed by atoms with Crippen molar-refractivity contribution in [3.8, 4) is 17.1 Å². The van der Waals surface area contributed by atoms with E-state index in [4.69, 9.17) is 11.6 Å². The molecular formula is C17H11ClF3N3O2. The summed E-state index contributed by atoms with van der Waals surface area (Å²) in [6, 6.07) is 9.70. The third kappa shape index (κ3) is 4.20. The molecule has 3 rings (SSSR count). The quantitative estimate of drug-likeness (QED) is 0.675. The number of hydrogen-bond donors (Lipinski definition) is 0. The number of pyridine rings is 1. The van der Waals surface area contributed by atoms with E-state index in [2.05, 4.69) is 14.8 Å². The lowest BCUT2D eigenvalue weighted by atomic mass is 10.2. The standard InChI is InChI=1S/C17H11ClF3N3O2/c18-12-7-10(1-3-13(12)19)9-24-16(25)6-4-14(23-24)11-2-5-15(22-8-11)26-17(20)21/h1-8,17H,9H2. The molecular weight excluding hydrogens is 371 g/mol. The van der Waals surface area contributed by atoms with Crippen LogP contribution in [0.1, 0.15) is 5.56 Å². The van der Waals surface area contributed by atoms with E-state index in [9.17, 15) is 18.0 Å². The number of halogens is 4. The van der Waals surface area contributed by atoms with Gasteiger partial charge in [-0.2, -0.15) is 13.9 Å². The lowest BCUT2D eigenvalue weighted by Gasteiger charge is -2.08. The van der Waals surface area contributed by atoms with E-state index in [1.165, 1.54) is 53.3 Å². The van der Waals surface area contributed by atoms with Gasteiger partial charge in [-0.1, -0.05) is 17.7 Å². The van der Waals surface area contributed by atoms with Gasteiger partial charge in [0.15, 0.2) is 0 Å². The molecule has 0 aliphatic rings. The average Bonchev–Trinajstić information content (AvgIpc) is 2.60. The summed E-state index contributed by atoms with van der Waals surface area (Å²) in [5.41, 5.74) is 1.16. The molecule has 0 fully saturated rings. The largest absolute Gasteiger partial charge is 0.417 e. The van der Waals surface area contributed by atoms with Crippen molar-refractivity contribution in [3.05, 3.63) is 75.4 Å². The summed E-state index contributed by atoms with van der Waals surface area (Å²) in [6.07, 6.45) is 1.31. The maximum atomic E-state index is 13.2. The predicted octanol–water partition coefficient (Wildman–Crippen LogP) is 3.75. The first-order valence-electron chi connectivity index (χ1n) is 7.36. The highest BCUT2D eigenvalue weighted by molar-refractivity contribution is 6.30. The second-order valence-electron chi connectivity index (χ2n) is 5.23. The van der Waals surface area contributed by atoms with Crippen LogP contribution in [0.3, 0.4) is 0 Å². The van der Waals surface area contributed by atoms with Crippen LogP contribution < -0.4 is 10.3 Å². The molecule has 0 aliphatic carbocycles. The van der Waals surface area contributed by atoms with Gasteiger partial charge in [0, 0.05) is 23.9 Å². The minimum Gasteiger partial charge on any atom is -0.417 e. The van der Waals surface area contributed by atoms with Gasteiger partial charge in [0.25, 0.3) is 5.56 Å². The van der Waals surface area contributed by atoms with Gasteiger partial charge in [0.05, 0.1) is 17.3 Å². The monoisotopic (exact) mass is 381 g/mol. The lowest BCUT2D eigenvalue weighted by Crippen LogP contribution is -2.22. The molecule has 2 aromatic heterocycles. The van der Waals surface area contributed by atoms with Crippen molar-refractivity contribution in [2.24, 2.45) is 0 Å². The highest BCUT2D eigenvalue weighted by Crippen LogP contribution is 2.19. The summed E-state index contributed by atoms with van der Waals surface area (Å²) in [7, 11) is 0. The fourth-order valence-electron chi connectivity index (χ4n) is 2.22. The summed E-state index contributed by atoms with van der Waals surface area (Å²) in [6.45, 7) is -2.87. The van der Waals surface area contributed by atoms with Crippen LogP contribution in [0, 0.1) is 5.82 Å². The highest BCUT2D eigenvalue weighted by Gasteiger charge is 2.09. The zero-order valence-corrected chi connectivity index (χ0v) is 13.8. The summed E-state index contributed by atoms with van der Waals surface area (Å²) < 4.78 is 42.9. The van der Waals surface area contributed by atoms with Gasteiger partial charge in [-0.25, -0.2) is 14.1 Å². The molecule has 0 saturated heterocycles. The van der Waals surface area contributed by atoms with E-state index >= 15 is 0 Å². The third-order valence-electron chi connectivity index (χ3n) is 3.42. The smallest absolute Gasteiger partial charge is 0.388 e. The Labute approximate surface area is 150 Å². The van der Waals surface area contributed by atoms with Crippen LogP contribution in [0.2, 0.25) is 5.02 Å². The van der Waals surface area contributed by atoms with Crippen molar-refractivity contribution in [2.45, 2.75) is 13.2 Å². The molecule has 0 unspecified atom stereocenters. The number of alkyl halides is 2. The normalized spacial score (nSPS) is 11.0. The number of hydrogen-bond acceptors (Lipinski definition) is 4. The van der Waals surface area contributed by atoms with Crippen molar-refractivity contribution in [1.82, 2.24) is 14.8 Å². The number of ether oxygens (including phenoxy) is 1. The van der Waals surface area contributed by atoms with Crippen LogP contribution in [-0.2, 0) is 6.54 Å². The van der Waals surface area contributed by atoms with Crippen LogP contribution in [0.25, 0.3) is 11.3 Å². The van der Waals surface area contributed by atoms with Gasteiger partial charge < -0.3 is 4.74 Å². The van der Waals surface area contributed by atoms with Crippen molar-refractivity contribution in [2.75, 3.05) is 0 Å². The fourth-order valence-corrected chi connectivity index (χ4v) is 2.42. The SMILES string of the molecule is O=c1ccc(-c2ccc(OC(F)F)nc2)nn1Cc1ccc(F)c(Cl)c1. The van der Waals surface area contributed by atoms with Crippen LogP contribution in [0.5, 0.6) is 5.88 Å². The predicted molar refractivity (Wildman–Crippen MR) is 88.9 cm³/mol. The molecule has 134 valence electrons. The second-order valence-corrected chi connectivity index (χ2v) is 5.63. The third-order valence-corrected chi connectivity index (χ3v) is 3.71. The molecule has 0 atom stereocenters. The number of aromatic nitrogens is 3. The Kier molecular flexibility index (Phi) is 5.22. The fraction of sp³-hybridized carbons (Fsp3) is 0.118. The number of rotatable bonds is 5. The lowest BCUT2D eigenvalue weighted by molar-refractivity contribution is -0.0528. The van der Waals surface area contributed by atoms with Crippen LogP contribution in [0.4, 0.5) is 13.2 Å². The minimum atomic E-state index is -2.96. The molecule has 2 heterocycles. The molecule has 9 heteroatoms. The molecule has 0 amide bonds. The Morgan fingerprint density at radius 1 is 1.15 bits per heavy atom. The molecule has 0 radical (unpaired) electrons. The van der Waals surface area contributed by atoms with E-state index in [0.717, 1.165) is 0 Å². The van der Waals surface area contributed by atoms with Gasteiger partial charge in [-0.3, -0.25) is 4.79 Å². The molecule has 1 aromatic carbocycles. The van der Waals surface area contributed by atoms with Crippen molar-refractivity contribution in [3.63, 3.8) is 0 Å². The van der Waals surface area contributed by atoms with E-state index in [-0.39, 0.29) is 23.0 Å². The van der Waals surface area contributed by atoms with Crippen LogP contribution in [0.15, 0.2) is 53.5 Å². The van der Waals surface area contributed by atoms with E-state index < -0.39 is 12.4 Å². The van der Waals surface area contributed by atoms with Crippen molar-refractivity contribution in [1.29, 1.82) is 0 Å².